The van der Waals surface area contributed by atoms with Crippen molar-refractivity contribution in [2.75, 3.05) is 17.2 Å². The Kier molecular flexibility index (Phi) is 7.25. The summed E-state index contributed by atoms with van der Waals surface area (Å²) >= 11 is 1.29. The Morgan fingerprint density at radius 3 is 2.73 bits per heavy atom. The zero-order valence-corrected chi connectivity index (χ0v) is 22.5. The summed E-state index contributed by atoms with van der Waals surface area (Å²) in [5.41, 5.74) is 3.68. The molecule has 4 aromatic heterocycles. The Morgan fingerprint density at radius 1 is 1.05 bits per heavy atom. The van der Waals surface area contributed by atoms with Gasteiger partial charge >= 0.3 is 0 Å². The number of hydrogen-bond donors (Lipinski definition) is 2. The molecule has 0 saturated carbocycles. The van der Waals surface area contributed by atoms with Gasteiger partial charge in [0.15, 0.2) is 30.3 Å². The fourth-order valence-corrected chi connectivity index (χ4v) is 5.31. The molecule has 6 rings (SSSR count). The van der Waals surface area contributed by atoms with Crippen LogP contribution in [0.1, 0.15) is 25.6 Å². The first kappa shape index (κ1) is 26.0. The summed E-state index contributed by atoms with van der Waals surface area (Å²) in [5.74, 6) is 0.637. The van der Waals surface area contributed by atoms with E-state index in [1.54, 1.807) is 30.5 Å². The van der Waals surface area contributed by atoms with Gasteiger partial charge in [0.1, 0.15) is 0 Å². The van der Waals surface area contributed by atoms with E-state index in [0.717, 1.165) is 26.4 Å². The normalized spacial score (nSPS) is 11.0. The molecule has 2 N–H and O–H groups in total. The number of carbonyl (C=O) groups is 2. The average Bonchev–Trinajstić information content (AvgIpc) is 3.75. The fourth-order valence-electron chi connectivity index (χ4n) is 4.45. The van der Waals surface area contributed by atoms with E-state index in [2.05, 4.69) is 15.6 Å². The second-order valence-corrected chi connectivity index (χ2v) is 10.3. The van der Waals surface area contributed by atoms with Gasteiger partial charge in [-0.1, -0.05) is 30.3 Å². The molecule has 0 aliphatic carbocycles. The number of oxazole rings is 1. The molecule has 41 heavy (non-hydrogen) atoms. The van der Waals surface area contributed by atoms with Gasteiger partial charge in [-0.3, -0.25) is 14.9 Å². The molecule has 11 heteroatoms. The van der Waals surface area contributed by atoms with Crippen LogP contribution in [-0.2, 0) is 13.0 Å². The molecular formula is C30H24N6O4S. The number of hydrogen-bond acceptors (Lipinski definition) is 8. The van der Waals surface area contributed by atoms with E-state index in [1.165, 1.54) is 30.1 Å². The number of ketones is 1. The summed E-state index contributed by atoms with van der Waals surface area (Å²) in [6.07, 6.45) is 6.46. The lowest BCUT2D eigenvalue weighted by atomic mass is 10.1. The first-order valence-electron chi connectivity index (χ1n) is 12.8. The monoisotopic (exact) mass is 564 g/mol. The van der Waals surface area contributed by atoms with E-state index in [9.17, 15) is 14.8 Å². The first-order chi connectivity index (χ1) is 20.0. The molecule has 0 aliphatic heterocycles. The summed E-state index contributed by atoms with van der Waals surface area (Å²) in [4.78, 5) is 35.7. The third-order valence-electron chi connectivity index (χ3n) is 6.49. The van der Waals surface area contributed by atoms with E-state index in [1.807, 2.05) is 53.1 Å². The van der Waals surface area contributed by atoms with Crippen molar-refractivity contribution in [2.45, 2.75) is 13.0 Å². The van der Waals surface area contributed by atoms with Crippen LogP contribution in [0.25, 0.3) is 21.7 Å². The van der Waals surface area contributed by atoms with Gasteiger partial charge in [-0.25, -0.2) is 9.97 Å². The number of rotatable bonds is 10. The quantitative estimate of drug-likeness (QED) is 0.133. The van der Waals surface area contributed by atoms with Crippen LogP contribution in [-0.4, -0.2) is 32.8 Å². The zero-order valence-electron chi connectivity index (χ0n) is 21.7. The number of Topliss-reactive ketones (excluding diaryl/α,β-unsaturated/α-hetero) is 1. The van der Waals surface area contributed by atoms with Gasteiger partial charge in [0, 0.05) is 29.4 Å². The van der Waals surface area contributed by atoms with E-state index < -0.39 is 0 Å². The molecule has 1 amide bonds. The number of thiophene rings is 1. The second-order valence-electron chi connectivity index (χ2n) is 9.24. The number of benzene rings is 2. The Labute approximate surface area is 238 Å². The number of pyridine rings is 1. The zero-order chi connectivity index (χ0) is 28.2. The molecule has 0 aliphatic rings. The maximum absolute atomic E-state index is 13.2. The molecule has 10 nitrogen and oxygen atoms in total. The van der Waals surface area contributed by atoms with Gasteiger partial charge in [-0.15, -0.1) is 11.3 Å². The van der Waals surface area contributed by atoms with Crippen molar-refractivity contribution in [3.05, 3.63) is 119 Å². The molecule has 0 unspecified atom stereocenters. The van der Waals surface area contributed by atoms with Crippen LogP contribution in [0.3, 0.4) is 0 Å². The fraction of sp³-hybridized carbons (Fsp3) is 0.100. The Balaban J connectivity index is 1.26. The van der Waals surface area contributed by atoms with Gasteiger partial charge < -0.3 is 19.5 Å². The molecule has 6 aromatic rings. The predicted molar refractivity (Wildman–Crippen MR) is 156 cm³/mol. The van der Waals surface area contributed by atoms with Gasteiger partial charge in [0.2, 0.25) is 5.95 Å². The van der Waals surface area contributed by atoms with Gasteiger partial charge in [0.05, 0.1) is 33.5 Å². The maximum Gasteiger partial charge on any atom is 0.268 e. The lowest BCUT2D eigenvalue weighted by Gasteiger charge is -2.10. The standard InChI is InChI=1S/C30H24N6O4S/c37-25(21-6-2-1-3-7-21)16-32-22-8-9-24-23(15-22)33-30(36(24)14-12-20-5-4-13-35(39)18-20)34-29(38)28-11-10-27(41-28)26-17-31-19-40-26/h1-11,13,15,17-19,32H,12,14,16H2,(H,33,34,38). The summed E-state index contributed by atoms with van der Waals surface area (Å²) in [6.45, 7) is 0.609. The molecule has 0 fully saturated rings. The lowest BCUT2D eigenvalue weighted by Crippen LogP contribution is -2.25. The summed E-state index contributed by atoms with van der Waals surface area (Å²) in [5, 5.41) is 17.9. The minimum atomic E-state index is -0.304. The third-order valence-corrected chi connectivity index (χ3v) is 7.59. The number of nitrogens with one attached hydrogen (secondary N) is 2. The molecule has 2 aromatic carbocycles. The molecule has 204 valence electrons. The van der Waals surface area contributed by atoms with Crippen LogP contribution >= 0.6 is 11.3 Å². The molecule has 4 heterocycles. The Morgan fingerprint density at radius 2 is 1.93 bits per heavy atom. The van der Waals surface area contributed by atoms with Crippen molar-refractivity contribution in [3.63, 3.8) is 0 Å². The smallest absolute Gasteiger partial charge is 0.268 e. The largest absolute Gasteiger partial charge is 0.619 e. The molecule has 0 bridgehead atoms. The number of aromatic nitrogens is 4. The number of carbonyl (C=O) groups excluding carboxylic acids is 2. The van der Waals surface area contributed by atoms with Crippen molar-refractivity contribution in [1.82, 2.24) is 14.5 Å². The van der Waals surface area contributed by atoms with Crippen LogP contribution in [0.4, 0.5) is 11.6 Å². The van der Waals surface area contributed by atoms with Gasteiger partial charge in [-0.2, -0.15) is 4.73 Å². The van der Waals surface area contributed by atoms with Gasteiger partial charge in [0.25, 0.3) is 5.91 Å². The number of fused-ring (bicyclic) bond motifs is 1. The highest BCUT2D eigenvalue weighted by Gasteiger charge is 2.18. The van der Waals surface area contributed by atoms with Crippen LogP contribution in [0.5, 0.6) is 0 Å². The van der Waals surface area contributed by atoms with Crippen molar-refractivity contribution in [1.29, 1.82) is 0 Å². The first-order valence-corrected chi connectivity index (χ1v) is 13.7. The lowest BCUT2D eigenvalue weighted by molar-refractivity contribution is -0.605. The molecule has 0 spiro atoms. The Bertz CT molecular complexity index is 1830. The maximum atomic E-state index is 13.2. The number of amides is 1. The molecule has 0 saturated heterocycles. The molecular weight excluding hydrogens is 540 g/mol. The van der Waals surface area contributed by atoms with Crippen LogP contribution in [0, 0.1) is 5.21 Å². The number of nitrogens with zero attached hydrogens (tertiary/aromatic N) is 4. The summed E-state index contributed by atoms with van der Waals surface area (Å²) in [6, 6.07) is 21.9. The van der Waals surface area contributed by atoms with E-state index in [4.69, 9.17) is 9.40 Å². The molecule has 0 atom stereocenters. The Hall–Kier alpha value is -5.29. The highest BCUT2D eigenvalue weighted by Crippen LogP contribution is 2.29. The summed E-state index contributed by atoms with van der Waals surface area (Å²) < 4.78 is 8.02. The number of aryl methyl sites for hydroxylation is 2. The highest BCUT2D eigenvalue weighted by atomic mass is 32.1. The van der Waals surface area contributed by atoms with Crippen LogP contribution in [0.15, 0.2) is 102 Å². The highest BCUT2D eigenvalue weighted by molar-refractivity contribution is 7.17. The molecule has 0 radical (unpaired) electrons. The SMILES string of the molecule is O=C(CNc1ccc2c(c1)nc(NC(=O)c1ccc(-c3cnco3)s1)n2CCc1ccc[n+]([O-])c1)c1ccccc1. The number of imidazole rings is 1. The summed E-state index contributed by atoms with van der Waals surface area (Å²) in [7, 11) is 0. The van der Waals surface area contributed by atoms with Crippen molar-refractivity contribution in [2.24, 2.45) is 0 Å². The second kappa shape index (κ2) is 11.4. The average molecular weight is 565 g/mol. The third kappa shape index (κ3) is 5.85. The minimum absolute atomic E-state index is 0.0247. The number of anilines is 2. The van der Waals surface area contributed by atoms with Crippen LogP contribution < -0.4 is 15.4 Å². The topological polar surface area (TPSA) is 129 Å². The van der Waals surface area contributed by atoms with Crippen molar-refractivity contribution >= 4 is 45.7 Å². The van der Waals surface area contributed by atoms with Crippen LogP contribution in [0.2, 0.25) is 0 Å². The van der Waals surface area contributed by atoms with E-state index in [-0.39, 0.29) is 18.2 Å². The van der Waals surface area contributed by atoms with E-state index >= 15 is 0 Å². The van der Waals surface area contributed by atoms with Gasteiger partial charge in [-0.05, 0) is 42.8 Å². The van der Waals surface area contributed by atoms with Crippen molar-refractivity contribution < 1.29 is 18.7 Å². The predicted octanol–water partition coefficient (Wildman–Crippen LogP) is 5.18. The van der Waals surface area contributed by atoms with Crippen molar-refractivity contribution in [3.8, 4) is 10.6 Å². The minimum Gasteiger partial charge on any atom is -0.619 e. The van der Waals surface area contributed by atoms with E-state index in [0.29, 0.717) is 40.6 Å².